The van der Waals surface area contributed by atoms with Crippen LogP contribution in [0.25, 0.3) is 11.3 Å². The first-order valence-electron chi connectivity index (χ1n) is 3.98. The highest BCUT2D eigenvalue weighted by molar-refractivity contribution is 9.10. The molecule has 1 heterocycles. The van der Waals surface area contributed by atoms with Gasteiger partial charge in [-0.3, -0.25) is 4.79 Å². The van der Waals surface area contributed by atoms with Crippen molar-refractivity contribution in [3.05, 3.63) is 40.8 Å². The Hall–Kier alpha value is -1.42. The summed E-state index contributed by atoms with van der Waals surface area (Å²) in [6.45, 7) is 0. The van der Waals surface area contributed by atoms with E-state index in [1.807, 2.05) is 30.3 Å². The van der Waals surface area contributed by atoms with E-state index in [0.717, 1.165) is 5.56 Å². The predicted molar refractivity (Wildman–Crippen MR) is 55.0 cm³/mol. The van der Waals surface area contributed by atoms with Gasteiger partial charge in [-0.15, -0.1) is 0 Å². The van der Waals surface area contributed by atoms with E-state index >= 15 is 0 Å². The molecule has 0 aliphatic carbocycles. The van der Waals surface area contributed by atoms with Crippen LogP contribution in [-0.2, 0) is 0 Å². The van der Waals surface area contributed by atoms with Crippen LogP contribution < -0.4 is 0 Å². The van der Waals surface area contributed by atoms with Crippen molar-refractivity contribution >= 4 is 22.2 Å². The molecule has 0 saturated heterocycles. The molecular formula is C10H6BrNO2. The van der Waals surface area contributed by atoms with Crippen molar-refractivity contribution in [2.24, 2.45) is 0 Å². The van der Waals surface area contributed by atoms with E-state index in [4.69, 9.17) is 4.42 Å². The number of hydrogen-bond acceptors (Lipinski definition) is 3. The van der Waals surface area contributed by atoms with Gasteiger partial charge in [0, 0.05) is 21.5 Å². The molecule has 1 aromatic carbocycles. The lowest BCUT2D eigenvalue weighted by Crippen LogP contribution is -1.83. The number of rotatable bonds is 2. The zero-order valence-corrected chi connectivity index (χ0v) is 8.69. The molecule has 0 atom stereocenters. The van der Waals surface area contributed by atoms with Gasteiger partial charge in [-0.2, -0.15) is 4.98 Å². The SMILES string of the molecule is O=Cc1nc(Br)oc1-c1ccccc1. The summed E-state index contributed by atoms with van der Waals surface area (Å²) in [4.78, 5) is 14.9. The van der Waals surface area contributed by atoms with E-state index < -0.39 is 0 Å². The Morgan fingerprint density at radius 3 is 2.64 bits per heavy atom. The fraction of sp³-hybridized carbons (Fsp3) is 0. The molecule has 0 unspecified atom stereocenters. The molecule has 0 radical (unpaired) electrons. The zero-order valence-electron chi connectivity index (χ0n) is 7.11. The minimum atomic E-state index is 0.308. The molecule has 2 rings (SSSR count). The predicted octanol–water partition coefficient (Wildman–Crippen LogP) is 2.92. The molecule has 0 spiro atoms. The molecule has 0 bridgehead atoms. The van der Waals surface area contributed by atoms with E-state index in [1.165, 1.54) is 0 Å². The zero-order chi connectivity index (χ0) is 9.97. The second kappa shape index (κ2) is 3.75. The largest absolute Gasteiger partial charge is 0.430 e. The van der Waals surface area contributed by atoms with Crippen LogP contribution in [0.15, 0.2) is 39.5 Å². The van der Waals surface area contributed by atoms with Crippen LogP contribution in [-0.4, -0.2) is 11.3 Å². The van der Waals surface area contributed by atoms with Gasteiger partial charge < -0.3 is 4.42 Å². The Kier molecular flexibility index (Phi) is 2.45. The van der Waals surface area contributed by atoms with Gasteiger partial charge in [0.2, 0.25) is 0 Å². The molecule has 0 amide bonds. The van der Waals surface area contributed by atoms with Crippen LogP contribution in [0.1, 0.15) is 10.5 Å². The minimum absolute atomic E-state index is 0.308. The number of nitrogens with zero attached hydrogens (tertiary/aromatic N) is 1. The average molecular weight is 252 g/mol. The molecule has 3 nitrogen and oxygen atoms in total. The van der Waals surface area contributed by atoms with Crippen molar-refractivity contribution in [2.45, 2.75) is 0 Å². The highest BCUT2D eigenvalue weighted by atomic mass is 79.9. The van der Waals surface area contributed by atoms with Gasteiger partial charge >= 0.3 is 0 Å². The number of benzene rings is 1. The molecule has 0 N–H and O–H groups in total. The number of carbonyl (C=O) groups excluding carboxylic acids is 1. The summed E-state index contributed by atoms with van der Waals surface area (Å²) < 4.78 is 5.27. The van der Waals surface area contributed by atoms with Gasteiger partial charge in [0.25, 0.3) is 4.80 Å². The fourth-order valence-corrected chi connectivity index (χ4v) is 1.53. The third-order valence-electron chi connectivity index (χ3n) is 1.77. The van der Waals surface area contributed by atoms with E-state index in [1.54, 1.807) is 0 Å². The summed E-state index contributed by atoms with van der Waals surface area (Å²) >= 11 is 3.08. The van der Waals surface area contributed by atoms with E-state index in [0.29, 0.717) is 22.5 Å². The van der Waals surface area contributed by atoms with Crippen molar-refractivity contribution in [1.29, 1.82) is 0 Å². The Balaban J connectivity index is 2.56. The maximum atomic E-state index is 10.7. The third kappa shape index (κ3) is 1.61. The molecule has 2 aromatic rings. The number of aromatic nitrogens is 1. The lowest BCUT2D eigenvalue weighted by atomic mass is 10.1. The number of halogens is 1. The Morgan fingerprint density at radius 2 is 2.00 bits per heavy atom. The first-order chi connectivity index (χ1) is 6.81. The molecule has 0 aliphatic heterocycles. The van der Waals surface area contributed by atoms with Crippen LogP contribution in [0.5, 0.6) is 0 Å². The van der Waals surface area contributed by atoms with Crippen molar-refractivity contribution in [3.63, 3.8) is 0 Å². The molecule has 0 fully saturated rings. The number of hydrogen-bond donors (Lipinski definition) is 0. The highest BCUT2D eigenvalue weighted by Gasteiger charge is 2.12. The standard InChI is InChI=1S/C10H6BrNO2/c11-10-12-8(6-13)9(14-10)7-4-2-1-3-5-7/h1-6H. The summed E-state index contributed by atoms with van der Waals surface area (Å²) in [7, 11) is 0. The first-order valence-corrected chi connectivity index (χ1v) is 4.77. The van der Waals surface area contributed by atoms with Crippen molar-refractivity contribution < 1.29 is 9.21 Å². The van der Waals surface area contributed by atoms with Crippen LogP contribution in [0.3, 0.4) is 0 Å². The Labute approximate surface area is 88.9 Å². The monoisotopic (exact) mass is 251 g/mol. The summed E-state index contributed by atoms with van der Waals surface area (Å²) in [5.41, 5.74) is 1.15. The molecule has 4 heteroatoms. The maximum absolute atomic E-state index is 10.7. The number of aldehydes is 1. The normalized spacial score (nSPS) is 10.1. The van der Waals surface area contributed by atoms with Gasteiger partial charge in [0.15, 0.2) is 17.7 Å². The average Bonchev–Trinajstić information content (AvgIpc) is 2.61. The van der Waals surface area contributed by atoms with Crippen molar-refractivity contribution in [1.82, 2.24) is 4.98 Å². The quantitative estimate of drug-likeness (QED) is 0.771. The summed E-state index contributed by atoms with van der Waals surface area (Å²) in [6, 6.07) is 9.37. The first kappa shape index (κ1) is 9.15. The Morgan fingerprint density at radius 1 is 1.29 bits per heavy atom. The Bertz CT molecular complexity index is 450. The summed E-state index contributed by atoms with van der Waals surface area (Å²) in [5.74, 6) is 0.493. The van der Waals surface area contributed by atoms with Gasteiger partial charge in [0.1, 0.15) is 0 Å². The van der Waals surface area contributed by atoms with Crippen LogP contribution >= 0.6 is 15.9 Å². The summed E-state index contributed by atoms with van der Waals surface area (Å²) in [5, 5.41) is 0. The van der Waals surface area contributed by atoms with E-state index in [9.17, 15) is 4.79 Å². The van der Waals surface area contributed by atoms with Gasteiger partial charge in [0.05, 0.1) is 0 Å². The van der Waals surface area contributed by atoms with E-state index in [2.05, 4.69) is 20.9 Å². The van der Waals surface area contributed by atoms with Crippen molar-refractivity contribution in [2.75, 3.05) is 0 Å². The number of carbonyl (C=O) groups is 1. The van der Waals surface area contributed by atoms with Gasteiger partial charge in [-0.05, 0) is 0 Å². The maximum Gasteiger partial charge on any atom is 0.265 e. The van der Waals surface area contributed by atoms with Gasteiger partial charge in [-0.25, -0.2) is 0 Å². The number of oxazole rings is 1. The van der Waals surface area contributed by atoms with Crippen LogP contribution in [0.4, 0.5) is 0 Å². The second-order valence-electron chi connectivity index (χ2n) is 2.67. The lowest BCUT2D eigenvalue weighted by molar-refractivity contribution is 0.112. The molecule has 1 aromatic heterocycles. The fourth-order valence-electron chi connectivity index (χ4n) is 1.18. The molecular weight excluding hydrogens is 246 g/mol. The van der Waals surface area contributed by atoms with Crippen molar-refractivity contribution in [3.8, 4) is 11.3 Å². The molecule has 0 saturated carbocycles. The minimum Gasteiger partial charge on any atom is -0.430 e. The molecule has 70 valence electrons. The third-order valence-corrected chi connectivity index (χ3v) is 2.11. The topological polar surface area (TPSA) is 43.1 Å². The smallest absolute Gasteiger partial charge is 0.265 e. The lowest BCUT2D eigenvalue weighted by Gasteiger charge is -1.94. The van der Waals surface area contributed by atoms with Crippen LogP contribution in [0, 0.1) is 0 Å². The second-order valence-corrected chi connectivity index (χ2v) is 3.34. The molecule has 14 heavy (non-hydrogen) atoms. The van der Waals surface area contributed by atoms with E-state index in [-0.39, 0.29) is 0 Å². The van der Waals surface area contributed by atoms with Gasteiger partial charge in [-0.1, -0.05) is 30.3 Å². The highest BCUT2D eigenvalue weighted by Crippen LogP contribution is 2.25. The summed E-state index contributed by atoms with van der Waals surface area (Å²) in [6.07, 6.45) is 0.677. The van der Waals surface area contributed by atoms with Crippen LogP contribution in [0.2, 0.25) is 0 Å². The molecule has 0 aliphatic rings.